The van der Waals surface area contributed by atoms with Gasteiger partial charge in [-0.3, -0.25) is 4.79 Å². The number of carbonyl (C=O) groups excluding carboxylic acids is 1. The minimum absolute atomic E-state index is 0.107. The number of carbonyl (C=O) groups is 1. The van der Waals surface area contributed by atoms with Crippen LogP contribution in [0.4, 0.5) is 0 Å². The van der Waals surface area contributed by atoms with Crippen LogP contribution in [0.15, 0.2) is 29.9 Å². The van der Waals surface area contributed by atoms with Gasteiger partial charge in [0.2, 0.25) is 5.88 Å². The molecule has 2 aromatic heterocycles. The first-order valence-corrected chi connectivity index (χ1v) is 7.98. The first-order valence-electron chi connectivity index (χ1n) is 7.10. The Morgan fingerprint density at radius 3 is 3.09 bits per heavy atom. The van der Waals surface area contributed by atoms with Gasteiger partial charge in [0.15, 0.2) is 0 Å². The first-order chi connectivity index (χ1) is 10.7. The Morgan fingerprint density at radius 2 is 2.36 bits per heavy atom. The Kier molecular flexibility index (Phi) is 4.65. The molecule has 1 amide bonds. The van der Waals surface area contributed by atoms with Crippen molar-refractivity contribution in [3.05, 3.63) is 40.5 Å². The predicted molar refractivity (Wildman–Crippen MR) is 82.2 cm³/mol. The van der Waals surface area contributed by atoms with Gasteiger partial charge >= 0.3 is 0 Å². The summed E-state index contributed by atoms with van der Waals surface area (Å²) in [6.45, 7) is 2.87. The van der Waals surface area contributed by atoms with Crippen LogP contribution >= 0.6 is 11.3 Å². The predicted octanol–water partition coefficient (Wildman–Crippen LogP) is 1.81. The summed E-state index contributed by atoms with van der Waals surface area (Å²) in [7, 11) is 0. The van der Waals surface area contributed by atoms with Crippen LogP contribution in [0, 0.1) is 6.92 Å². The van der Waals surface area contributed by atoms with E-state index in [1.807, 2.05) is 19.1 Å². The number of hydrogen-bond acceptors (Lipinski definition) is 6. The monoisotopic (exact) mass is 319 g/mol. The molecule has 2 aromatic rings. The van der Waals surface area contributed by atoms with Gasteiger partial charge in [0.1, 0.15) is 11.0 Å². The summed E-state index contributed by atoms with van der Waals surface area (Å²) in [4.78, 5) is 21.2. The number of pyridine rings is 1. The molecule has 0 aromatic carbocycles. The summed E-state index contributed by atoms with van der Waals surface area (Å²) >= 11 is 1.34. The quantitative estimate of drug-likeness (QED) is 0.930. The fourth-order valence-electron chi connectivity index (χ4n) is 2.32. The molecule has 1 saturated heterocycles. The number of thiazole rings is 1. The molecule has 1 fully saturated rings. The molecule has 3 heterocycles. The van der Waals surface area contributed by atoms with Crippen molar-refractivity contribution in [2.24, 2.45) is 0 Å². The average Bonchev–Trinajstić information content (AvgIpc) is 2.96. The normalized spacial score (nSPS) is 21.3. The molecule has 0 unspecified atom stereocenters. The fourth-order valence-corrected chi connectivity index (χ4v) is 3.02. The third-order valence-electron chi connectivity index (χ3n) is 3.48. The molecule has 3 rings (SSSR count). The van der Waals surface area contributed by atoms with Gasteiger partial charge in [-0.05, 0) is 19.4 Å². The highest BCUT2D eigenvalue weighted by Crippen LogP contribution is 2.17. The van der Waals surface area contributed by atoms with Crippen LogP contribution in [0.25, 0.3) is 0 Å². The molecule has 1 aliphatic heterocycles. The Balaban J connectivity index is 1.67. The Hall–Kier alpha value is -1.99. The maximum absolute atomic E-state index is 12.3. The van der Waals surface area contributed by atoms with E-state index in [1.165, 1.54) is 11.3 Å². The van der Waals surface area contributed by atoms with Gasteiger partial charge in [-0.1, -0.05) is 6.07 Å². The molecule has 0 spiro atoms. The summed E-state index contributed by atoms with van der Waals surface area (Å²) < 4.78 is 11.3. The van der Waals surface area contributed by atoms with Gasteiger partial charge in [-0.2, -0.15) is 0 Å². The zero-order chi connectivity index (χ0) is 15.4. The molecule has 0 aliphatic carbocycles. The number of ether oxygens (including phenoxy) is 2. The Labute approximate surface area is 132 Å². The Bertz CT molecular complexity index is 632. The van der Waals surface area contributed by atoms with Crippen molar-refractivity contribution in [3.63, 3.8) is 0 Å². The van der Waals surface area contributed by atoms with Gasteiger partial charge in [-0.25, -0.2) is 9.97 Å². The van der Waals surface area contributed by atoms with Crippen molar-refractivity contribution in [2.75, 3.05) is 13.2 Å². The van der Waals surface area contributed by atoms with Crippen LogP contribution in [-0.2, 0) is 4.74 Å². The van der Waals surface area contributed by atoms with Gasteiger partial charge in [0, 0.05) is 18.9 Å². The zero-order valence-corrected chi connectivity index (χ0v) is 13.0. The lowest BCUT2D eigenvalue weighted by Crippen LogP contribution is -2.51. The van der Waals surface area contributed by atoms with Crippen molar-refractivity contribution in [2.45, 2.75) is 25.5 Å². The smallest absolute Gasteiger partial charge is 0.263 e. The summed E-state index contributed by atoms with van der Waals surface area (Å²) in [6.07, 6.45) is 2.13. The molecule has 116 valence electrons. The van der Waals surface area contributed by atoms with Crippen molar-refractivity contribution < 1.29 is 14.3 Å². The van der Waals surface area contributed by atoms with Gasteiger partial charge in [0.25, 0.3) is 5.91 Å². The van der Waals surface area contributed by atoms with E-state index in [4.69, 9.17) is 9.47 Å². The number of aryl methyl sites for hydroxylation is 1. The maximum atomic E-state index is 12.3. The average molecular weight is 319 g/mol. The topological polar surface area (TPSA) is 73.3 Å². The van der Waals surface area contributed by atoms with E-state index in [0.29, 0.717) is 30.4 Å². The summed E-state index contributed by atoms with van der Waals surface area (Å²) in [5.74, 6) is 0.424. The van der Waals surface area contributed by atoms with Gasteiger partial charge < -0.3 is 14.8 Å². The molecular formula is C15H17N3O3S. The van der Waals surface area contributed by atoms with E-state index in [9.17, 15) is 4.79 Å². The van der Waals surface area contributed by atoms with Crippen LogP contribution < -0.4 is 10.1 Å². The lowest BCUT2D eigenvalue weighted by Gasteiger charge is -2.31. The second-order valence-corrected chi connectivity index (χ2v) is 5.89. The third kappa shape index (κ3) is 3.42. The SMILES string of the molecule is Cc1ncsc1C(=O)N[C@@H]1CCOC[C@H]1Oc1ccccn1. The number of nitrogens with zero attached hydrogens (tertiary/aromatic N) is 2. The van der Waals surface area contributed by atoms with E-state index in [-0.39, 0.29) is 18.1 Å². The van der Waals surface area contributed by atoms with Crippen molar-refractivity contribution in [1.82, 2.24) is 15.3 Å². The van der Waals surface area contributed by atoms with Crippen molar-refractivity contribution >= 4 is 17.2 Å². The largest absolute Gasteiger partial charge is 0.470 e. The minimum atomic E-state index is -0.249. The number of nitrogens with one attached hydrogen (secondary N) is 1. The maximum Gasteiger partial charge on any atom is 0.263 e. The zero-order valence-electron chi connectivity index (χ0n) is 12.2. The van der Waals surface area contributed by atoms with Gasteiger partial charge in [0.05, 0.1) is 23.9 Å². The highest BCUT2D eigenvalue weighted by Gasteiger charge is 2.30. The summed E-state index contributed by atoms with van der Waals surface area (Å²) in [6, 6.07) is 5.38. The lowest BCUT2D eigenvalue weighted by atomic mass is 10.1. The van der Waals surface area contributed by atoms with Crippen LogP contribution in [-0.4, -0.2) is 41.2 Å². The molecule has 1 aliphatic rings. The molecule has 1 N–H and O–H groups in total. The van der Waals surface area contributed by atoms with Crippen LogP contribution in [0.2, 0.25) is 0 Å². The molecule has 0 saturated carbocycles. The molecule has 6 nitrogen and oxygen atoms in total. The van der Waals surface area contributed by atoms with Gasteiger partial charge in [-0.15, -0.1) is 11.3 Å². The number of hydrogen-bond donors (Lipinski definition) is 1. The van der Waals surface area contributed by atoms with Crippen LogP contribution in [0.3, 0.4) is 0 Å². The van der Waals surface area contributed by atoms with E-state index in [1.54, 1.807) is 17.8 Å². The second-order valence-electron chi connectivity index (χ2n) is 5.03. The minimum Gasteiger partial charge on any atom is -0.470 e. The summed E-state index contributed by atoms with van der Waals surface area (Å²) in [5, 5.41) is 3.03. The van der Waals surface area contributed by atoms with E-state index in [0.717, 1.165) is 5.69 Å². The molecule has 22 heavy (non-hydrogen) atoms. The molecule has 7 heteroatoms. The van der Waals surface area contributed by atoms with Crippen molar-refractivity contribution in [1.29, 1.82) is 0 Å². The molecule has 0 bridgehead atoms. The molecule has 2 atom stereocenters. The van der Waals surface area contributed by atoms with E-state index in [2.05, 4.69) is 15.3 Å². The number of aromatic nitrogens is 2. The van der Waals surface area contributed by atoms with E-state index >= 15 is 0 Å². The highest BCUT2D eigenvalue weighted by atomic mass is 32.1. The van der Waals surface area contributed by atoms with Crippen LogP contribution in [0.1, 0.15) is 21.8 Å². The standard InChI is InChI=1S/C15H17N3O3S/c1-10-14(22-9-17-10)15(19)18-11-5-7-20-8-12(11)21-13-4-2-3-6-16-13/h2-4,6,9,11-12H,5,7-8H2,1H3,(H,18,19)/t11-,12-/m1/s1. The summed E-state index contributed by atoms with van der Waals surface area (Å²) in [5.41, 5.74) is 2.42. The molecule has 0 radical (unpaired) electrons. The Morgan fingerprint density at radius 1 is 1.45 bits per heavy atom. The first kappa shape index (κ1) is 14.9. The third-order valence-corrected chi connectivity index (χ3v) is 4.41. The highest BCUT2D eigenvalue weighted by molar-refractivity contribution is 7.11. The fraction of sp³-hybridized carbons (Fsp3) is 0.400. The number of amides is 1. The second kappa shape index (κ2) is 6.85. The van der Waals surface area contributed by atoms with Crippen molar-refractivity contribution in [3.8, 4) is 5.88 Å². The molecular weight excluding hydrogens is 302 g/mol. The lowest BCUT2D eigenvalue weighted by molar-refractivity contribution is -0.0152. The number of rotatable bonds is 4. The van der Waals surface area contributed by atoms with E-state index < -0.39 is 0 Å². The van der Waals surface area contributed by atoms with Crippen LogP contribution in [0.5, 0.6) is 5.88 Å².